The molecule has 0 bridgehead atoms. The molecule has 1 aliphatic rings. The molecule has 1 atom stereocenters. The summed E-state index contributed by atoms with van der Waals surface area (Å²) in [6.07, 6.45) is 1.68. The van der Waals surface area contributed by atoms with Crippen molar-refractivity contribution < 1.29 is 9.90 Å². The van der Waals surface area contributed by atoms with Crippen LogP contribution in [0.3, 0.4) is 0 Å². The van der Waals surface area contributed by atoms with Gasteiger partial charge in [-0.3, -0.25) is 9.48 Å². The quantitative estimate of drug-likeness (QED) is 0.897. The van der Waals surface area contributed by atoms with Gasteiger partial charge in [-0.25, -0.2) is 0 Å². The van der Waals surface area contributed by atoms with Crippen LogP contribution in [0, 0.1) is 0 Å². The predicted octanol–water partition coefficient (Wildman–Crippen LogP) is 3.82. The number of anilines is 1. The van der Waals surface area contributed by atoms with Gasteiger partial charge in [0.25, 0.3) is 5.91 Å². The Balaban J connectivity index is 1.89. The topological polar surface area (TPSA) is 67.2 Å². The number of benzene rings is 1. The number of aliphatic hydroxyl groups excluding tert-OH is 1. The first-order valence-corrected chi connectivity index (χ1v) is 8.46. The molecule has 3 rings (SSSR count). The molecule has 24 heavy (non-hydrogen) atoms. The lowest BCUT2D eigenvalue weighted by molar-refractivity contribution is 0.102. The van der Waals surface area contributed by atoms with Crippen LogP contribution in [0.25, 0.3) is 0 Å². The van der Waals surface area contributed by atoms with Gasteiger partial charge in [0.1, 0.15) is 0 Å². The van der Waals surface area contributed by atoms with Crippen LogP contribution in [-0.4, -0.2) is 20.8 Å². The van der Waals surface area contributed by atoms with E-state index in [1.165, 1.54) is 0 Å². The molecule has 0 radical (unpaired) electrons. The Kier molecular flexibility index (Phi) is 4.22. The molecule has 0 aliphatic heterocycles. The number of aromatic nitrogens is 2. The smallest absolute Gasteiger partial charge is 0.276 e. The molecular weight excluding hydrogens is 302 g/mol. The monoisotopic (exact) mass is 327 g/mol. The average Bonchev–Trinajstić information content (AvgIpc) is 3.24. The van der Waals surface area contributed by atoms with E-state index in [-0.39, 0.29) is 11.4 Å². The van der Waals surface area contributed by atoms with E-state index in [9.17, 15) is 9.90 Å². The molecule has 1 fully saturated rings. The number of hydrogen-bond donors (Lipinski definition) is 2. The number of para-hydroxylation sites is 1. The maximum Gasteiger partial charge on any atom is 0.276 e. The summed E-state index contributed by atoms with van der Waals surface area (Å²) < 4.78 is 1.97. The summed E-state index contributed by atoms with van der Waals surface area (Å²) in [5, 5.41) is 17.3. The average molecular weight is 327 g/mol. The minimum atomic E-state index is -0.643. The van der Waals surface area contributed by atoms with E-state index in [4.69, 9.17) is 0 Å². The van der Waals surface area contributed by atoms with Gasteiger partial charge in [-0.15, -0.1) is 0 Å². The normalized spacial score (nSPS) is 16.0. The number of nitrogens with zero attached hydrogens (tertiary/aromatic N) is 2. The lowest BCUT2D eigenvalue weighted by Crippen LogP contribution is -2.26. The highest BCUT2D eigenvalue weighted by Gasteiger charge is 2.32. The third kappa shape index (κ3) is 3.36. The number of carbonyl (C=O) groups is 1. The number of hydrogen-bond acceptors (Lipinski definition) is 3. The summed E-state index contributed by atoms with van der Waals surface area (Å²) >= 11 is 0. The standard InChI is InChI=1S/C19H25N3O2/c1-12(23)14-7-5-6-8-15(14)20-18(24)16-11-17(13-9-10-13)22(21-16)19(2,3)4/h5-8,11-13,23H,9-10H2,1-4H3,(H,20,24). The van der Waals surface area contributed by atoms with Crippen molar-refractivity contribution in [3.05, 3.63) is 47.3 Å². The van der Waals surface area contributed by atoms with Gasteiger partial charge in [-0.2, -0.15) is 5.10 Å². The van der Waals surface area contributed by atoms with Crippen molar-refractivity contribution in [2.45, 2.75) is 58.1 Å². The van der Waals surface area contributed by atoms with Gasteiger partial charge >= 0.3 is 0 Å². The van der Waals surface area contributed by atoms with Crippen LogP contribution in [0.2, 0.25) is 0 Å². The fourth-order valence-electron chi connectivity index (χ4n) is 2.88. The Labute approximate surface area is 142 Å². The van der Waals surface area contributed by atoms with Crippen LogP contribution in [0.5, 0.6) is 0 Å². The maximum absolute atomic E-state index is 12.7. The third-order valence-electron chi connectivity index (χ3n) is 4.26. The second kappa shape index (κ2) is 6.06. The molecule has 1 unspecified atom stereocenters. The first-order valence-electron chi connectivity index (χ1n) is 8.46. The Bertz CT molecular complexity index is 752. The third-order valence-corrected chi connectivity index (χ3v) is 4.26. The highest BCUT2D eigenvalue weighted by Crippen LogP contribution is 2.41. The van der Waals surface area contributed by atoms with Gasteiger partial charge in [-0.05, 0) is 52.7 Å². The number of nitrogens with one attached hydrogen (secondary N) is 1. The largest absolute Gasteiger partial charge is 0.389 e. The zero-order valence-corrected chi connectivity index (χ0v) is 14.7. The van der Waals surface area contributed by atoms with Crippen LogP contribution in [0.4, 0.5) is 5.69 Å². The lowest BCUT2D eigenvalue weighted by Gasteiger charge is -2.22. The number of aliphatic hydroxyl groups is 1. The molecule has 0 saturated heterocycles. The van der Waals surface area contributed by atoms with Crippen LogP contribution < -0.4 is 5.32 Å². The zero-order chi connectivity index (χ0) is 17.5. The molecule has 1 aliphatic carbocycles. The lowest BCUT2D eigenvalue weighted by atomic mass is 10.1. The zero-order valence-electron chi connectivity index (χ0n) is 14.7. The van der Waals surface area contributed by atoms with Crippen molar-refractivity contribution in [3.8, 4) is 0 Å². The van der Waals surface area contributed by atoms with E-state index in [0.29, 0.717) is 22.9 Å². The van der Waals surface area contributed by atoms with Gasteiger partial charge in [0, 0.05) is 22.9 Å². The highest BCUT2D eigenvalue weighted by molar-refractivity contribution is 6.03. The van der Waals surface area contributed by atoms with Crippen molar-refractivity contribution in [3.63, 3.8) is 0 Å². The van der Waals surface area contributed by atoms with Crippen molar-refractivity contribution >= 4 is 11.6 Å². The molecule has 2 N–H and O–H groups in total. The summed E-state index contributed by atoms with van der Waals surface area (Å²) in [7, 11) is 0. The molecule has 1 aromatic heterocycles. The first kappa shape index (κ1) is 16.7. The van der Waals surface area contributed by atoms with Crippen molar-refractivity contribution in [1.82, 2.24) is 9.78 Å². The second-order valence-corrected chi connectivity index (χ2v) is 7.53. The highest BCUT2D eigenvalue weighted by atomic mass is 16.3. The summed E-state index contributed by atoms with van der Waals surface area (Å²) in [5.41, 5.74) is 2.72. The predicted molar refractivity (Wildman–Crippen MR) is 94.2 cm³/mol. The van der Waals surface area contributed by atoms with Gasteiger partial charge < -0.3 is 10.4 Å². The molecule has 1 saturated carbocycles. The van der Waals surface area contributed by atoms with E-state index in [1.54, 1.807) is 13.0 Å². The summed E-state index contributed by atoms with van der Waals surface area (Å²) in [4.78, 5) is 12.7. The van der Waals surface area contributed by atoms with Gasteiger partial charge in [0.05, 0.1) is 11.6 Å². The van der Waals surface area contributed by atoms with Crippen molar-refractivity contribution in [1.29, 1.82) is 0 Å². The maximum atomic E-state index is 12.7. The van der Waals surface area contributed by atoms with E-state index < -0.39 is 6.10 Å². The van der Waals surface area contributed by atoms with E-state index in [0.717, 1.165) is 18.5 Å². The number of amides is 1. The summed E-state index contributed by atoms with van der Waals surface area (Å²) in [5.74, 6) is 0.274. The molecule has 2 aromatic rings. The fourth-order valence-corrected chi connectivity index (χ4v) is 2.88. The van der Waals surface area contributed by atoms with E-state index in [2.05, 4.69) is 31.2 Å². The molecule has 128 valence electrons. The van der Waals surface area contributed by atoms with Gasteiger partial charge in [0.2, 0.25) is 0 Å². The fraction of sp³-hybridized carbons (Fsp3) is 0.474. The minimum absolute atomic E-state index is 0.159. The van der Waals surface area contributed by atoms with Gasteiger partial charge in [-0.1, -0.05) is 18.2 Å². The minimum Gasteiger partial charge on any atom is -0.389 e. The Morgan fingerprint density at radius 1 is 1.33 bits per heavy atom. The summed E-state index contributed by atoms with van der Waals surface area (Å²) in [6, 6.07) is 9.19. The Morgan fingerprint density at radius 2 is 2.00 bits per heavy atom. The van der Waals surface area contributed by atoms with Crippen LogP contribution in [0.15, 0.2) is 30.3 Å². The van der Waals surface area contributed by atoms with Crippen LogP contribution >= 0.6 is 0 Å². The molecule has 5 nitrogen and oxygen atoms in total. The van der Waals surface area contributed by atoms with Crippen molar-refractivity contribution in [2.24, 2.45) is 0 Å². The Hall–Kier alpha value is -2.14. The van der Waals surface area contributed by atoms with Gasteiger partial charge in [0.15, 0.2) is 5.69 Å². The molecule has 1 amide bonds. The van der Waals surface area contributed by atoms with Crippen LogP contribution in [0.1, 0.15) is 74.3 Å². The SMILES string of the molecule is CC(O)c1ccccc1NC(=O)c1cc(C2CC2)n(C(C)(C)C)n1. The Morgan fingerprint density at radius 3 is 2.58 bits per heavy atom. The molecule has 1 heterocycles. The molecule has 0 spiro atoms. The van der Waals surface area contributed by atoms with Crippen LogP contribution in [-0.2, 0) is 5.54 Å². The molecular formula is C19H25N3O2. The first-order chi connectivity index (χ1) is 11.3. The van der Waals surface area contributed by atoms with E-state index >= 15 is 0 Å². The van der Waals surface area contributed by atoms with E-state index in [1.807, 2.05) is 28.9 Å². The number of carbonyl (C=O) groups excluding carboxylic acids is 1. The molecule has 1 aromatic carbocycles. The second-order valence-electron chi connectivity index (χ2n) is 7.53. The summed E-state index contributed by atoms with van der Waals surface area (Å²) in [6.45, 7) is 7.97. The number of rotatable bonds is 4. The molecule has 5 heteroatoms. The van der Waals surface area contributed by atoms with Crippen molar-refractivity contribution in [2.75, 3.05) is 5.32 Å².